The molecular weight excluding hydrogens is 305 g/mol. The van der Waals surface area contributed by atoms with Crippen molar-refractivity contribution in [3.63, 3.8) is 0 Å². The predicted molar refractivity (Wildman–Crippen MR) is 59.0 cm³/mol. The number of benzene rings is 1. The highest BCUT2D eigenvalue weighted by atomic mass is 19.4. The third-order valence-corrected chi connectivity index (χ3v) is 2.89. The van der Waals surface area contributed by atoms with E-state index in [0.717, 1.165) is 0 Å². The van der Waals surface area contributed by atoms with Crippen LogP contribution in [-0.2, 0) is 0 Å². The van der Waals surface area contributed by atoms with E-state index in [-0.39, 0.29) is 0 Å². The average Bonchev–Trinajstić information content (AvgIpc) is 2.38. The largest absolute Gasteiger partial charge is 0.509 e. The molecule has 2 rings (SSSR count). The average molecular weight is 311 g/mol. The standard InChI is InChI=1S/C13H6F7O/c14-7-3-1-6(10(15)11(7)16)5-2-4-8(21)12(17)9(5)13(18,19)20/h1,3-4,21H,2H2. The first-order valence-electron chi connectivity index (χ1n) is 5.51. The van der Waals surface area contributed by atoms with Gasteiger partial charge in [-0.15, -0.1) is 0 Å². The highest BCUT2D eigenvalue weighted by molar-refractivity contribution is 5.76. The van der Waals surface area contributed by atoms with Crippen molar-refractivity contribution in [3.8, 4) is 0 Å². The predicted octanol–water partition coefficient (Wildman–Crippen LogP) is 4.77. The van der Waals surface area contributed by atoms with Gasteiger partial charge < -0.3 is 5.11 Å². The molecule has 0 spiro atoms. The Bertz CT molecular complexity index is 655. The molecule has 0 bridgehead atoms. The Kier molecular flexibility index (Phi) is 3.73. The van der Waals surface area contributed by atoms with Gasteiger partial charge in [-0.25, -0.2) is 17.6 Å². The zero-order valence-corrected chi connectivity index (χ0v) is 10.0. The summed E-state index contributed by atoms with van der Waals surface area (Å²) >= 11 is 0. The highest BCUT2D eigenvalue weighted by Gasteiger charge is 2.43. The number of aliphatic hydroxyl groups excluding tert-OH is 1. The highest BCUT2D eigenvalue weighted by Crippen LogP contribution is 2.44. The van der Waals surface area contributed by atoms with E-state index in [2.05, 4.69) is 0 Å². The van der Waals surface area contributed by atoms with Gasteiger partial charge in [0, 0.05) is 12.0 Å². The van der Waals surface area contributed by atoms with Crippen molar-refractivity contribution >= 4 is 5.57 Å². The summed E-state index contributed by atoms with van der Waals surface area (Å²) in [6.45, 7) is 0. The maximum Gasteiger partial charge on any atom is 0.419 e. The molecule has 0 amide bonds. The van der Waals surface area contributed by atoms with Crippen molar-refractivity contribution in [1.82, 2.24) is 0 Å². The van der Waals surface area contributed by atoms with Crippen LogP contribution in [0.2, 0.25) is 0 Å². The van der Waals surface area contributed by atoms with E-state index in [1.165, 1.54) is 0 Å². The molecule has 1 radical (unpaired) electrons. The number of alkyl halides is 3. The van der Waals surface area contributed by atoms with Gasteiger partial charge in [-0.2, -0.15) is 13.2 Å². The van der Waals surface area contributed by atoms with E-state index in [9.17, 15) is 30.7 Å². The van der Waals surface area contributed by atoms with Crippen molar-refractivity contribution in [1.29, 1.82) is 0 Å². The van der Waals surface area contributed by atoms with Crippen LogP contribution in [0, 0.1) is 23.9 Å². The quantitative estimate of drug-likeness (QED) is 0.585. The molecule has 1 aliphatic rings. The Morgan fingerprint density at radius 2 is 1.57 bits per heavy atom. The Labute approximate surface area is 114 Å². The van der Waals surface area contributed by atoms with E-state index in [0.29, 0.717) is 18.6 Å². The first-order valence-corrected chi connectivity index (χ1v) is 5.51. The lowest BCUT2D eigenvalue weighted by molar-refractivity contribution is -0.0912. The lowest BCUT2D eigenvalue weighted by Crippen LogP contribution is -2.19. The van der Waals surface area contributed by atoms with Gasteiger partial charge in [-0.3, -0.25) is 0 Å². The number of hydrogen-bond acceptors (Lipinski definition) is 1. The molecule has 1 N–H and O–H groups in total. The fourth-order valence-electron chi connectivity index (χ4n) is 1.95. The Balaban J connectivity index is 2.76. The summed E-state index contributed by atoms with van der Waals surface area (Å²) in [6.07, 6.45) is -5.24. The van der Waals surface area contributed by atoms with Crippen LogP contribution in [0.1, 0.15) is 12.0 Å². The van der Waals surface area contributed by atoms with Gasteiger partial charge in [0.05, 0.1) is 5.57 Å². The molecule has 0 atom stereocenters. The molecule has 1 aromatic rings. The molecule has 8 heteroatoms. The van der Waals surface area contributed by atoms with Crippen molar-refractivity contribution < 1.29 is 35.8 Å². The molecule has 0 unspecified atom stereocenters. The molecule has 113 valence electrons. The van der Waals surface area contributed by atoms with Crippen LogP contribution < -0.4 is 0 Å². The van der Waals surface area contributed by atoms with Crippen LogP contribution in [-0.4, -0.2) is 11.3 Å². The number of hydrogen-bond donors (Lipinski definition) is 1. The van der Waals surface area contributed by atoms with Crippen LogP contribution in [0.15, 0.2) is 29.3 Å². The Morgan fingerprint density at radius 3 is 2.14 bits per heavy atom. The molecule has 1 nitrogen and oxygen atoms in total. The Hall–Kier alpha value is -1.99. The second-order valence-electron chi connectivity index (χ2n) is 4.18. The molecule has 0 fully saturated rings. The molecule has 0 saturated heterocycles. The van der Waals surface area contributed by atoms with Crippen LogP contribution in [0.5, 0.6) is 0 Å². The summed E-state index contributed by atoms with van der Waals surface area (Å²) in [5.74, 6) is -8.62. The molecule has 1 aromatic carbocycles. The van der Waals surface area contributed by atoms with Crippen LogP contribution in [0.4, 0.5) is 30.7 Å². The summed E-state index contributed by atoms with van der Waals surface area (Å²) < 4.78 is 91.6. The minimum absolute atomic E-state index is 0.435. The van der Waals surface area contributed by atoms with E-state index in [4.69, 9.17) is 5.11 Å². The van der Waals surface area contributed by atoms with Gasteiger partial charge in [0.25, 0.3) is 0 Å². The molecule has 21 heavy (non-hydrogen) atoms. The van der Waals surface area contributed by atoms with E-state index < -0.39 is 58.3 Å². The summed E-state index contributed by atoms with van der Waals surface area (Å²) in [4.78, 5) is 0. The monoisotopic (exact) mass is 311 g/mol. The van der Waals surface area contributed by atoms with E-state index in [1.54, 1.807) is 0 Å². The van der Waals surface area contributed by atoms with Gasteiger partial charge in [0.1, 0.15) is 5.76 Å². The van der Waals surface area contributed by atoms with Crippen molar-refractivity contribution in [2.75, 3.05) is 0 Å². The van der Waals surface area contributed by atoms with Gasteiger partial charge >= 0.3 is 6.18 Å². The number of allylic oxidation sites excluding steroid dienone is 4. The summed E-state index contributed by atoms with van der Waals surface area (Å²) in [5.41, 5.74) is -3.75. The van der Waals surface area contributed by atoms with Gasteiger partial charge in [-0.05, 0) is 24.1 Å². The van der Waals surface area contributed by atoms with Gasteiger partial charge in [0.2, 0.25) is 0 Å². The van der Waals surface area contributed by atoms with Crippen molar-refractivity contribution in [2.45, 2.75) is 12.6 Å². The molecule has 0 aromatic heterocycles. The van der Waals surface area contributed by atoms with Crippen LogP contribution in [0.3, 0.4) is 0 Å². The summed E-state index contributed by atoms with van der Waals surface area (Å²) in [7, 11) is 0. The SMILES string of the molecule is OC1=C(F)C(C(F)(F)F)=C(c2ccc(F)c(F)c2F)C[CH]1. The smallest absolute Gasteiger partial charge is 0.419 e. The van der Waals surface area contributed by atoms with Gasteiger partial charge in [-0.1, -0.05) is 0 Å². The third kappa shape index (κ3) is 2.62. The molecule has 0 saturated carbocycles. The van der Waals surface area contributed by atoms with Crippen molar-refractivity contribution in [3.05, 3.63) is 58.7 Å². The van der Waals surface area contributed by atoms with Gasteiger partial charge in [0.15, 0.2) is 23.3 Å². The number of aliphatic hydroxyl groups is 1. The molecule has 0 heterocycles. The maximum atomic E-state index is 13.6. The second-order valence-corrected chi connectivity index (χ2v) is 4.18. The number of rotatable bonds is 1. The third-order valence-electron chi connectivity index (χ3n) is 2.89. The topological polar surface area (TPSA) is 20.2 Å². The fraction of sp³-hybridized carbons (Fsp3) is 0.154. The second kappa shape index (κ2) is 5.09. The Morgan fingerprint density at radius 1 is 0.952 bits per heavy atom. The lowest BCUT2D eigenvalue weighted by Gasteiger charge is -2.22. The first-order chi connectivity index (χ1) is 9.64. The number of halogens is 7. The minimum Gasteiger partial charge on any atom is -0.509 e. The van der Waals surface area contributed by atoms with E-state index >= 15 is 0 Å². The van der Waals surface area contributed by atoms with E-state index in [1.807, 2.05) is 0 Å². The lowest BCUT2D eigenvalue weighted by atomic mass is 9.89. The zero-order valence-electron chi connectivity index (χ0n) is 10.0. The molecule has 1 aliphatic carbocycles. The molecular formula is C13H6F7O. The van der Waals surface area contributed by atoms with Crippen LogP contribution in [0.25, 0.3) is 5.57 Å². The first kappa shape index (κ1) is 15.4. The fourth-order valence-corrected chi connectivity index (χ4v) is 1.95. The summed E-state index contributed by atoms with van der Waals surface area (Å²) in [6, 6.07) is 1.02. The summed E-state index contributed by atoms with van der Waals surface area (Å²) in [5, 5.41) is 9.03. The zero-order chi connectivity index (χ0) is 15.9. The van der Waals surface area contributed by atoms with Crippen LogP contribution >= 0.6 is 0 Å². The molecule has 0 aliphatic heterocycles. The maximum absolute atomic E-state index is 13.6. The normalized spacial score (nSPS) is 16.7. The minimum atomic E-state index is -5.24. The van der Waals surface area contributed by atoms with Crippen molar-refractivity contribution in [2.24, 2.45) is 0 Å².